The van der Waals surface area contributed by atoms with Gasteiger partial charge in [-0.1, -0.05) is 40.7 Å². The van der Waals surface area contributed by atoms with E-state index >= 15 is 0 Å². The Kier molecular flexibility index (Phi) is 9.76. The van der Waals surface area contributed by atoms with Gasteiger partial charge in [-0.25, -0.2) is 14.6 Å². The number of nitrogens with zero attached hydrogens (tertiary/aromatic N) is 2. The van der Waals surface area contributed by atoms with Crippen LogP contribution >= 0.6 is 31.9 Å². The molecule has 0 aliphatic heterocycles. The second-order valence-corrected chi connectivity index (χ2v) is 8.59. The summed E-state index contributed by atoms with van der Waals surface area (Å²) >= 11 is 6.88. The maximum atomic E-state index is 12.4. The molecule has 0 saturated heterocycles. The number of aliphatic carboxylic acids is 2. The number of hydrogen-bond acceptors (Lipinski definition) is 6. The lowest BCUT2D eigenvalue weighted by Gasteiger charge is -2.16. The Labute approximate surface area is 206 Å². The fourth-order valence-electron chi connectivity index (χ4n) is 2.76. The number of rotatable bonds is 7. The third-order valence-corrected chi connectivity index (χ3v) is 5.19. The molecular weight excluding hydrogens is 562 g/mol. The van der Waals surface area contributed by atoms with Crippen LogP contribution < -0.4 is 10.3 Å². The zero-order valence-corrected chi connectivity index (χ0v) is 20.7. The number of halogens is 2. The van der Waals surface area contributed by atoms with Gasteiger partial charge >= 0.3 is 11.9 Å². The summed E-state index contributed by atoms with van der Waals surface area (Å²) in [5, 5.41) is 15.3. The van der Waals surface area contributed by atoms with Crippen molar-refractivity contribution in [3.05, 3.63) is 79.7 Å². The second kappa shape index (κ2) is 12.3. The number of aromatic nitrogens is 2. The highest BCUT2D eigenvalue weighted by Gasteiger charge is 2.10. The third kappa shape index (κ3) is 8.12. The van der Waals surface area contributed by atoms with E-state index in [-0.39, 0.29) is 5.56 Å². The van der Waals surface area contributed by atoms with E-state index in [0.29, 0.717) is 29.9 Å². The van der Waals surface area contributed by atoms with Gasteiger partial charge in [0, 0.05) is 15.5 Å². The van der Waals surface area contributed by atoms with Crippen LogP contribution in [0.2, 0.25) is 0 Å². The standard InChI is InChI=1S/C20H19Br2N3O2.C2H2O4/c1-3-8-27-15-6-4-13(5-7-15)11-25(2)12-18-23-19-16(20(26)24-18)9-14(21)10-17(19)22;3-1(4)2(5)6/h3-7,9-10H,1,8,11-12H2,2H3,(H,23,24,26);(H,3,4)(H,5,6). The molecule has 3 N–H and O–H groups in total. The van der Waals surface area contributed by atoms with Crippen LogP contribution in [0.4, 0.5) is 0 Å². The summed E-state index contributed by atoms with van der Waals surface area (Å²) in [7, 11) is 1.99. The molecule has 0 spiro atoms. The van der Waals surface area contributed by atoms with Crippen molar-refractivity contribution in [3.8, 4) is 5.75 Å². The van der Waals surface area contributed by atoms with Gasteiger partial charge in [0.25, 0.3) is 5.56 Å². The maximum absolute atomic E-state index is 12.4. The number of carboxylic acids is 2. The minimum Gasteiger partial charge on any atom is -0.490 e. The number of fused-ring (bicyclic) bond motifs is 1. The van der Waals surface area contributed by atoms with Crippen LogP contribution in [0.15, 0.2) is 62.8 Å². The molecule has 11 heteroatoms. The number of carbonyl (C=O) groups is 2. The normalized spacial score (nSPS) is 10.4. The van der Waals surface area contributed by atoms with Crippen LogP contribution in [0, 0.1) is 0 Å². The molecule has 3 rings (SSSR count). The van der Waals surface area contributed by atoms with Gasteiger partial charge in [0.2, 0.25) is 0 Å². The first-order valence-corrected chi connectivity index (χ1v) is 11.0. The Morgan fingerprint density at radius 2 is 1.79 bits per heavy atom. The highest BCUT2D eigenvalue weighted by Crippen LogP contribution is 2.25. The lowest BCUT2D eigenvalue weighted by molar-refractivity contribution is -0.159. The average molecular weight is 583 g/mol. The smallest absolute Gasteiger partial charge is 0.414 e. The van der Waals surface area contributed by atoms with Crippen molar-refractivity contribution < 1.29 is 24.5 Å². The number of H-pyrrole nitrogens is 1. The molecule has 0 unspecified atom stereocenters. The van der Waals surface area contributed by atoms with Gasteiger partial charge in [-0.2, -0.15) is 0 Å². The number of aromatic amines is 1. The van der Waals surface area contributed by atoms with Crippen molar-refractivity contribution in [2.75, 3.05) is 13.7 Å². The van der Waals surface area contributed by atoms with Crippen LogP contribution in [0.1, 0.15) is 11.4 Å². The van der Waals surface area contributed by atoms with E-state index in [1.807, 2.05) is 37.4 Å². The van der Waals surface area contributed by atoms with Gasteiger partial charge in [-0.3, -0.25) is 9.69 Å². The summed E-state index contributed by atoms with van der Waals surface area (Å²) in [5.41, 5.74) is 1.67. The highest BCUT2D eigenvalue weighted by atomic mass is 79.9. The Bertz CT molecular complexity index is 1200. The molecule has 0 amide bonds. The van der Waals surface area contributed by atoms with Gasteiger partial charge < -0.3 is 19.9 Å². The molecular formula is C22H21Br2N3O6. The maximum Gasteiger partial charge on any atom is 0.414 e. The Balaban J connectivity index is 0.000000569. The van der Waals surface area contributed by atoms with Crippen molar-refractivity contribution in [1.82, 2.24) is 14.9 Å². The summed E-state index contributed by atoms with van der Waals surface area (Å²) < 4.78 is 7.12. The van der Waals surface area contributed by atoms with Crippen LogP contribution in [0.5, 0.6) is 5.75 Å². The zero-order chi connectivity index (χ0) is 24.5. The van der Waals surface area contributed by atoms with Crippen molar-refractivity contribution in [3.63, 3.8) is 0 Å². The topological polar surface area (TPSA) is 133 Å². The molecule has 0 saturated carbocycles. The summed E-state index contributed by atoms with van der Waals surface area (Å²) in [6.07, 6.45) is 1.72. The van der Waals surface area contributed by atoms with Crippen molar-refractivity contribution >= 4 is 54.7 Å². The number of carboxylic acid groups (broad SMARTS) is 2. The van der Waals surface area contributed by atoms with E-state index in [1.165, 1.54) is 0 Å². The fourth-order valence-corrected chi connectivity index (χ4v) is 4.07. The van der Waals surface area contributed by atoms with Crippen LogP contribution in [0.3, 0.4) is 0 Å². The molecule has 1 heterocycles. The molecule has 33 heavy (non-hydrogen) atoms. The van der Waals surface area contributed by atoms with Gasteiger partial charge in [0.1, 0.15) is 18.2 Å². The summed E-state index contributed by atoms with van der Waals surface area (Å²) in [6, 6.07) is 11.6. The lowest BCUT2D eigenvalue weighted by Crippen LogP contribution is -2.22. The summed E-state index contributed by atoms with van der Waals surface area (Å²) in [4.78, 5) is 40.2. The van der Waals surface area contributed by atoms with Gasteiger partial charge in [-0.15, -0.1) is 0 Å². The second-order valence-electron chi connectivity index (χ2n) is 6.82. The molecule has 0 fully saturated rings. The Morgan fingerprint density at radius 1 is 1.15 bits per heavy atom. The van der Waals surface area contributed by atoms with Crippen LogP contribution in [-0.2, 0) is 22.7 Å². The quantitative estimate of drug-likeness (QED) is 0.283. The Morgan fingerprint density at radius 3 is 2.36 bits per heavy atom. The first-order valence-electron chi connectivity index (χ1n) is 9.46. The highest BCUT2D eigenvalue weighted by molar-refractivity contribution is 9.11. The third-order valence-electron chi connectivity index (χ3n) is 4.12. The largest absolute Gasteiger partial charge is 0.490 e. The van der Waals surface area contributed by atoms with Crippen molar-refractivity contribution in [1.29, 1.82) is 0 Å². The van der Waals surface area contributed by atoms with E-state index < -0.39 is 11.9 Å². The van der Waals surface area contributed by atoms with Gasteiger partial charge in [-0.05, 0) is 52.8 Å². The minimum atomic E-state index is -1.82. The first-order chi connectivity index (χ1) is 15.6. The van der Waals surface area contributed by atoms with E-state index in [1.54, 1.807) is 12.1 Å². The van der Waals surface area contributed by atoms with E-state index in [2.05, 4.69) is 53.3 Å². The molecule has 0 atom stereocenters. The summed E-state index contributed by atoms with van der Waals surface area (Å²) in [5.74, 6) is -2.20. The number of nitrogens with one attached hydrogen (secondary N) is 1. The SMILES string of the molecule is C=CCOc1ccc(CN(C)Cc2nc3c(Br)cc(Br)cc3c(=O)[nH]2)cc1.O=C(O)C(=O)O. The minimum absolute atomic E-state index is 0.144. The van der Waals surface area contributed by atoms with E-state index in [4.69, 9.17) is 24.5 Å². The molecule has 0 bridgehead atoms. The van der Waals surface area contributed by atoms with Gasteiger partial charge in [0.15, 0.2) is 0 Å². The fraction of sp³-hybridized carbons (Fsp3) is 0.182. The van der Waals surface area contributed by atoms with E-state index in [9.17, 15) is 4.79 Å². The summed E-state index contributed by atoms with van der Waals surface area (Å²) in [6.45, 7) is 5.39. The molecule has 174 valence electrons. The van der Waals surface area contributed by atoms with E-state index in [0.717, 1.165) is 26.8 Å². The zero-order valence-electron chi connectivity index (χ0n) is 17.5. The molecule has 0 aliphatic rings. The van der Waals surface area contributed by atoms with Crippen LogP contribution in [-0.4, -0.2) is 50.7 Å². The number of benzene rings is 2. The van der Waals surface area contributed by atoms with Crippen LogP contribution in [0.25, 0.3) is 10.9 Å². The average Bonchev–Trinajstić information content (AvgIpc) is 2.74. The number of hydrogen-bond donors (Lipinski definition) is 3. The first kappa shape index (κ1) is 26.2. The molecule has 0 aliphatic carbocycles. The molecule has 1 aromatic heterocycles. The lowest BCUT2D eigenvalue weighted by atomic mass is 10.2. The molecule has 2 aromatic carbocycles. The predicted molar refractivity (Wildman–Crippen MR) is 130 cm³/mol. The predicted octanol–water partition coefficient (Wildman–Crippen LogP) is 3.80. The Hall–Kier alpha value is -3.02. The monoisotopic (exact) mass is 581 g/mol. The number of ether oxygens (including phenoxy) is 1. The van der Waals surface area contributed by atoms with Gasteiger partial charge in [0.05, 0.1) is 17.4 Å². The molecule has 0 radical (unpaired) electrons. The molecule has 3 aromatic rings. The molecule has 9 nitrogen and oxygen atoms in total. The van der Waals surface area contributed by atoms with Crippen molar-refractivity contribution in [2.45, 2.75) is 13.1 Å². The van der Waals surface area contributed by atoms with Crippen molar-refractivity contribution in [2.24, 2.45) is 0 Å².